The highest BCUT2D eigenvalue weighted by molar-refractivity contribution is 7.47. The molecule has 0 rings (SSSR count). The minimum atomic E-state index is -4.95. The molecule has 0 heterocycles. The predicted molar refractivity (Wildman–Crippen MR) is 358 cm³/mol. The summed E-state index contributed by atoms with van der Waals surface area (Å²) < 4.78 is 68.2. The van der Waals surface area contributed by atoms with Gasteiger partial charge in [0.1, 0.15) is 19.3 Å². The third-order valence-corrected chi connectivity index (χ3v) is 18.2. The van der Waals surface area contributed by atoms with Crippen molar-refractivity contribution >= 4 is 39.5 Å². The van der Waals surface area contributed by atoms with Crippen LogP contribution in [0.5, 0.6) is 0 Å². The Bertz CT molecular complexity index is 1720. The normalized spacial score (nSPS) is 14.1. The molecule has 0 aromatic rings. The number of phosphoric acid groups is 2. The minimum Gasteiger partial charge on any atom is -0.462 e. The summed E-state index contributed by atoms with van der Waals surface area (Å²) in [6, 6.07) is 0. The topological polar surface area (TPSA) is 237 Å². The Morgan fingerprint density at radius 3 is 0.764 bits per heavy atom. The summed E-state index contributed by atoms with van der Waals surface area (Å²) in [5, 5.41) is 10.6. The molecule has 19 heteroatoms. The lowest BCUT2D eigenvalue weighted by Crippen LogP contribution is -2.30. The summed E-state index contributed by atoms with van der Waals surface area (Å²) in [6.45, 7) is 7.25. The average Bonchev–Trinajstić information content (AvgIpc) is 3.70. The molecule has 0 aromatic heterocycles. The van der Waals surface area contributed by atoms with Crippen molar-refractivity contribution in [3.8, 4) is 0 Å². The highest BCUT2D eigenvalue weighted by Gasteiger charge is 2.30. The van der Waals surface area contributed by atoms with E-state index in [-0.39, 0.29) is 25.7 Å². The Balaban J connectivity index is 5.22. The molecular weight excluding hydrogens is 1170 g/mol. The van der Waals surface area contributed by atoms with Crippen LogP contribution < -0.4 is 0 Å². The monoisotopic (exact) mass is 1310 g/mol. The fourth-order valence-electron chi connectivity index (χ4n) is 10.6. The Hall–Kier alpha value is -1.94. The molecular formula is C70H136O17P2. The number of carbonyl (C=O) groups excluding carboxylic acids is 4. The SMILES string of the molecule is CCCCCCCCCCCCCCC(=O)OC[C@H](COP(=O)(O)OC[C@@H](O)COP(=O)(O)OC[C@@H](COC(=O)CCCCCCCCCCCC)OC(=O)CCCCCCCCCCCC)OC(=O)CCCCCCCCCCCCCCCCC(C)C. The van der Waals surface area contributed by atoms with Gasteiger partial charge in [0.25, 0.3) is 0 Å². The van der Waals surface area contributed by atoms with Crippen molar-refractivity contribution in [3.63, 3.8) is 0 Å². The molecule has 0 aromatic carbocycles. The number of hydrogen-bond donors (Lipinski definition) is 3. The van der Waals surface area contributed by atoms with Crippen LogP contribution in [-0.2, 0) is 65.4 Å². The smallest absolute Gasteiger partial charge is 0.462 e. The molecule has 2 unspecified atom stereocenters. The van der Waals surface area contributed by atoms with Crippen LogP contribution in [0.3, 0.4) is 0 Å². The molecule has 0 aliphatic rings. The van der Waals surface area contributed by atoms with Gasteiger partial charge in [-0.2, -0.15) is 0 Å². The first-order valence-corrected chi connectivity index (χ1v) is 39.6. The van der Waals surface area contributed by atoms with Crippen molar-refractivity contribution < 1.29 is 80.2 Å². The summed E-state index contributed by atoms with van der Waals surface area (Å²) in [6.07, 6.45) is 49.8. The standard InChI is InChI=1S/C70H136O17P2/c1-6-9-12-15-18-21-24-30-35-39-44-49-54-68(73)81-60-66(87-70(75)56-51-46-41-36-31-28-26-25-27-29-32-37-42-47-52-63(4)5)62-85-89(78,79)83-58-64(71)57-82-88(76,77)84-61-65(86-69(74)55-50-45-40-34-23-20-17-14-11-8-3)59-80-67(72)53-48-43-38-33-22-19-16-13-10-7-2/h63-66,71H,6-62H2,1-5H3,(H,76,77)(H,78,79)/t64-,65+,66+/m0/s1. The molecule has 528 valence electrons. The van der Waals surface area contributed by atoms with Crippen LogP contribution in [0.1, 0.15) is 362 Å². The van der Waals surface area contributed by atoms with E-state index in [0.29, 0.717) is 25.7 Å². The van der Waals surface area contributed by atoms with Crippen molar-refractivity contribution in [1.29, 1.82) is 0 Å². The Morgan fingerprint density at radius 2 is 0.517 bits per heavy atom. The highest BCUT2D eigenvalue weighted by Crippen LogP contribution is 2.45. The maximum absolute atomic E-state index is 13.0. The molecule has 0 aliphatic heterocycles. The zero-order valence-electron chi connectivity index (χ0n) is 57.6. The van der Waals surface area contributed by atoms with Gasteiger partial charge in [0, 0.05) is 25.7 Å². The first kappa shape index (κ1) is 87.1. The third kappa shape index (κ3) is 64.6. The third-order valence-electron chi connectivity index (χ3n) is 16.3. The lowest BCUT2D eigenvalue weighted by atomic mass is 10.0. The van der Waals surface area contributed by atoms with E-state index in [4.69, 9.17) is 37.0 Å². The molecule has 0 amide bonds. The number of esters is 4. The Morgan fingerprint density at radius 1 is 0.303 bits per heavy atom. The van der Waals surface area contributed by atoms with E-state index in [2.05, 4.69) is 34.6 Å². The fraction of sp³-hybridized carbons (Fsp3) is 0.943. The van der Waals surface area contributed by atoms with Crippen molar-refractivity contribution in [1.82, 2.24) is 0 Å². The first-order chi connectivity index (χ1) is 43.0. The summed E-state index contributed by atoms with van der Waals surface area (Å²) in [5.74, 6) is -1.33. The number of rotatable bonds is 70. The molecule has 5 atom stereocenters. The molecule has 0 fully saturated rings. The van der Waals surface area contributed by atoms with Gasteiger partial charge in [0.15, 0.2) is 12.2 Å². The number of carbonyl (C=O) groups is 4. The van der Waals surface area contributed by atoms with Crippen molar-refractivity contribution in [3.05, 3.63) is 0 Å². The zero-order valence-corrected chi connectivity index (χ0v) is 59.4. The van der Waals surface area contributed by atoms with E-state index in [1.807, 2.05) is 0 Å². The largest absolute Gasteiger partial charge is 0.472 e. The van der Waals surface area contributed by atoms with E-state index in [0.717, 1.165) is 95.8 Å². The molecule has 0 saturated carbocycles. The van der Waals surface area contributed by atoms with Crippen LogP contribution in [0, 0.1) is 5.92 Å². The van der Waals surface area contributed by atoms with Crippen LogP contribution in [-0.4, -0.2) is 96.7 Å². The summed E-state index contributed by atoms with van der Waals surface area (Å²) in [5.41, 5.74) is 0. The summed E-state index contributed by atoms with van der Waals surface area (Å²) in [7, 11) is -9.89. The molecule has 17 nitrogen and oxygen atoms in total. The number of hydrogen-bond acceptors (Lipinski definition) is 15. The summed E-state index contributed by atoms with van der Waals surface area (Å²) >= 11 is 0. The second-order valence-electron chi connectivity index (χ2n) is 25.7. The van der Waals surface area contributed by atoms with Crippen LogP contribution >= 0.6 is 15.6 Å². The van der Waals surface area contributed by atoms with Gasteiger partial charge in [-0.3, -0.25) is 37.3 Å². The number of ether oxygens (including phenoxy) is 4. The second-order valence-corrected chi connectivity index (χ2v) is 28.7. The maximum atomic E-state index is 13.0. The molecule has 0 saturated heterocycles. The first-order valence-electron chi connectivity index (χ1n) is 36.6. The Kier molecular flexibility index (Phi) is 62.1. The average molecular weight is 1310 g/mol. The van der Waals surface area contributed by atoms with E-state index < -0.39 is 97.5 Å². The predicted octanol–water partition coefficient (Wildman–Crippen LogP) is 20.1. The lowest BCUT2D eigenvalue weighted by Gasteiger charge is -2.21. The number of phosphoric ester groups is 2. The number of aliphatic hydroxyl groups is 1. The molecule has 3 N–H and O–H groups in total. The van der Waals surface area contributed by atoms with Gasteiger partial charge < -0.3 is 33.8 Å². The Labute approximate surface area is 543 Å². The number of aliphatic hydroxyl groups excluding tert-OH is 1. The lowest BCUT2D eigenvalue weighted by molar-refractivity contribution is -0.161. The quantitative estimate of drug-likeness (QED) is 0.0222. The van der Waals surface area contributed by atoms with E-state index in [1.165, 1.54) is 186 Å². The van der Waals surface area contributed by atoms with Gasteiger partial charge in [-0.25, -0.2) is 9.13 Å². The maximum Gasteiger partial charge on any atom is 0.472 e. The van der Waals surface area contributed by atoms with Gasteiger partial charge in [0.2, 0.25) is 0 Å². The van der Waals surface area contributed by atoms with E-state index >= 15 is 0 Å². The molecule has 0 radical (unpaired) electrons. The number of unbranched alkanes of at least 4 members (excludes halogenated alkanes) is 42. The molecule has 0 aliphatic carbocycles. The second kappa shape index (κ2) is 63.5. The molecule has 0 spiro atoms. The van der Waals surface area contributed by atoms with E-state index in [1.54, 1.807) is 0 Å². The summed E-state index contributed by atoms with van der Waals surface area (Å²) in [4.78, 5) is 72.5. The minimum absolute atomic E-state index is 0.107. The van der Waals surface area contributed by atoms with Crippen LogP contribution in [0.25, 0.3) is 0 Å². The van der Waals surface area contributed by atoms with Gasteiger partial charge in [0.05, 0.1) is 26.4 Å². The van der Waals surface area contributed by atoms with Crippen molar-refractivity contribution in [2.75, 3.05) is 39.6 Å². The van der Waals surface area contributed by atoms with Gasteiger partial charge in [-0.1, -0.05) is 311 Å². The molecule has 89 heavy (non-hydrogen) atoms. The van der Waals surface area contributed by atoms with Gasteiger partial charge in [-0.05, 0) is 31.6 Å². The highest BCUT2D eigenvalue weighted by atomic mass is 31.2. The van der Waals surface area contributed by atoms with Gasteiger partial charge in [-0.15, -0.1) is 0 Å². The molecule has 0 bridgehead atoms. The van der Waals surface area contributed by atoms with E-state index in [9.17, 15) is 43.2 Å². The van der Waals surface area contributed by atoms with Crippen molar-refractivity contribution in [2.24, 2.45) is 5.92 Å². The van der Waals surface area contributed by atoms with Crippen LogP contribution in [0.2, 0.25) is 0 Å². The van der Waals surface area contributed by atoms with Crippen LogP contribution in [0.15, 0.2) is 0 Å². The van der Waals surface area contributed by atoms with Gasteiger partial charge >= 0.3 is 39.5 Å². The van der Waals surface area contributed by atoms with Crippen molar-refractivity contribution in [2.45, 2.75) is 380 Å². The zero-order chi connectivity index (χ0) is 65.6. The van der Waals surface area contributed by atoms with Crippen LogP contribution in [0.4, 0.5) is 0 Å². The fourth-order valence-corrected chi connectivity index (χ4v) is 12.2.